The van der Waals surface area contributed by atoms with Crippen LogP contribution in [0.2, 0.25) is 5.02 Å². The summed E-state index contributed by atoms with van der Waals surface area (Å²) in [4.78, 5) is 11.1. The van der Waals surface area contributed by atoms with Gasteiger partial charge in [-0.3, -0.25) is 0 Å². The summed E-state index contributed by atoms with van der Waals surface area (Å²) in [7, 11) is 1.47. The number of ether oxygens (including phenoxy) is 1. The molecule has 0 amide bonds. The van der Waals surface area contributed by atoms with Crippen LogP contribution in [0.3, 0.4) is 0 Å². The van der Waals surface area contributed by atoms with Gasteiger partial charge >= 0.3 is 0 Å². The van der Waals surface area contributed by atoms with E-state index in [0.29, 0.717) is 10.9 Å². The van der Waals surface area contributed by atoms with Crippen molar-refractivity contribution in [1.29, 1.82) is 0 Å². The van der Waals surface area contributed by atoms with Gasteiger partial charge in [0.15, 0.2) is 0 Å². The lowest BCUT2D eigenvalue weighted by Gasteiger charge is -1.99. The topological polar surface area (TPSA) is 47.4 Å². The number of rotatable bonds is 2. The van der Waals surface area contributed by atoms with Crippen LogP contribution in [0.5, 0.6) is 5.88 Å². The van der Waals surface area contributed by atoms with Crippen LogP contribution in [0.1, 0.15) is 0 Å². The second-order valence-electron chi connectivity index (χ2n) is 1.69. The summed E-state index contributed by atoms with van der Waals surface area (Å²) in [6, 6.07) is 0. The predicted octanol–water partition coefficient (Wildman–Crippen LogP) is 1.47. The molecule has 0 saturated heterocycles. The largest absolute Gasteiger partial charge is 0.480 e. The lowest BCUT2D eigenvalue weighted by atomic mass is 10.6. The molecule has 0 aliphatic heterocycles. The molecule has 0 aromatic carbocycles. The number of aliphatic imine (C=N–C) groups is 1. The molecule has 0 atom stereocenters. The molecule has 0 saturated carbocycles. The number of aromatic nitrogens is 2. The van der Waals surface area contributed by atoms with E-state index in [4.69, 9.17) is 16.3 Å². The van der Waals surface area contributed by atoms with E-state index in [1.54, 1.807) is 0 Å². The van der Waals surface area contributed by atoms with E-state index < -0.39 is 0 Å². The maximum atomic E-state index is 5.64. The fourth-order valence-corrected chi connectivity index (χ4v) is 0.730. The van der Waals surface area contributed by atoms with Gasteiger partial charge in [0.1, 0.15) is 5.02 Å². The van der Waals surface area contributed by atoms with Gasteiger partial charge in [-0.2, -0.15) is 4.98 Å². The van der Waals surface area contributed by atoms with Crippen molar-refractivity contribution in [2.45, 2.75) is 0 Å². The van der Waals surface area contributed by atoms with Crippen molar-refractivity contribution in [3.05, 3.63) is 11.2 Å². The first-order valence-electron chi connectivity index (χ1n) is 2.81. The van der Waals surface area contributed by atoms with Crippen molar-refractivity contribution in [3.8, 4) is 5.88 Å². The Hall–Kier alpha value is -1.16. The lowest BCUT2D eigenvalue weighted by molar-refractivity contribution is 0.397. The average Bonchev–Trinajstić information content (AvgIpc) is 2.05. The first kappa shape index (κ1) is 7.94. The molecule has 0 unspecified atom stereocenters. The Bertz CT molecular complexity index is 277. The first-order chi connectivity index (χ1) is 5.27. The molecule has 0 aliphatic carbocycles. The quantitative estimate of drug-likeness (QED) is 0.633. The van der Waals surface area contributed by atoms with Gasteiger partial charge in [-0.1, -0.05) is 11.6 Å². The lowest BCUT2D eigenvalue weighted by Crippen LogP contribution is -1.89. The van der Waals surface area contributed by atoms with Crippen molar-refractivity contribution in [2.75, 3.05) is 7.11 Å². The van der Waals surface area contributed by atoms with Gasteiger partial charge in [0.05, 0.1) is 13.3 Å². The third kappa shape index (κ3) is 1.65. The minimum Gasteiger partial charge on any atom is -0.480 e. The summed E-state index contributed by atoms with van der Waals surface area (Å²) < 4.78 is 4.82. The third-order valence-corrected chi connectivity index (χ3v) is 1.29. The monoisotopic (exact) mass is 171 g/mol. The summed E-state index contributed by atoms with van der Waals surface area (Å²) >= 11 is 5.64. The van der Waals surface area contributed by atoms with Crippen LogP contribution in [0.4, 0.5) is 5.95 Å². The second kappa shape index (κ2) is 3.30. The van der Waals surface area contributed by atoms with Crippen LogP contribution in [0.25, 0.3) is 0 Å². The van der Waals surface area contributed by atoms with Crippen molar-refractivity contribution in [1.82, 2.24) is 9.97 Å². The van der Waals surface area contributed by atoms with Crippen molar-refractivity contribution < 1.29 is 4.74 Å². The SMILES string of the molecule is C=Nc1ncc(Cl)c(OC)n1. The van der Waals surface area contributed by atoms with Gasteiger partial charge in [0.2, 0.25) is 5.88 Å². The third-order valence-electron chi connectivity index (χ3n) is 1.03. The summed E-state index contributed by atoms with van der Waals surface area (Å²) in [5, 5.41) is 0.361. The maximum Gasteiger partial charge on any atom is 0.252 e. The normalized spacial score (nSPS) is 9.27. The standard InChI is InChI=1S/C6H6ClN3O/c1-8-6-9-3-4(7)5(10-6)11-2/h3H,1H2,2H3. The Morgan fingerprint density at radius 3 is 3.00 bits per heavy atom. The number of halogens is 1. The smallest absolute Gasteiger partial charge is 0.252 e. The van der Waals surface area contributed by atoms with E-state index >= 15 is 0 Å². The molecule has 4 nitrogen and oxygen atoms in total. The molecular formula is C6H6ClN3O. The zero-order valence-corrected chi connectivity index (χ0v) is 6.67. The molecule has 1 heterocycles. The van der Waals surface area contributed by atoms with Gasteiger partial charge in [0, 0.05) is 0 Å². The van der Waals surface area contributed by atoms with Crippen LogP contribution < -0.4 is 4.74 Å². The summed E-state index contributed by atoms with van der Waals surface area (Å²) in [5.41, 5.74) is 0. The molecule has 0 aliphatic rings. The number of hydrogen-bond acceptors (Lipinski definition) is 4. The van der Waals surface area contributed by atoms with Crippen LogP contribution >= 0.6 is 11.6 Å². The minimum absolute atomic E-state index is 0.256. The van der Waals surface area contributed by atoms with Crippen LogP contribution in [0.15, 0.2) is 11.2 Å². The molecule has 0 fully saturated rings. The Morgan fingerprint density at radius 2 is 2.45 bits per heavy atom. The van der Waals surface area contributed by atoms with Crippen molar-refractivity contribution in [3.63, 3.8) is 0 Å². The Balaban J connectivity index is 3.12. The van der Waals surface area contributed by atoms with Gasteiger partial charge in [-0.25, -0.2) is 9.98 Å². The van der Waals surface area contributed by atoms with E-state index in [1.807, 2.05) is 0 Å². The molecule has 1 rings (SSSR count). The Kier molecular flexibility index (Phi) is 2.38. The van der Waals surface area contributed by atoms with Gasteiger partial charge in [-0.15, -0.1) is 0 Å². The average molecular weight is 172 g/mol. The van der Waals surface area contributed by atoms with Crippen molar-refractivity contribution in [2.24, 2.45) is 4.99 Å². The summed E-state index contributed by atoms with van der Waals surface area (Å²) in [6.07, 6.45) is 1.41. The maximum absolute atomic E-state index is 5.64. The number of nitrogens with zero attached hydrogens (tertiary/aromatic N) is 3. The van der Waals surface area contributed by atoms with E-state index in [1.165, 1.54) is 13.3 Å². The molecule has 5 heteroatoms. The van der Waals surface area contributed by atoms with Gasteiger partial charge < -0.3 is 4.74 Å². The van der Waals surface area contributed by atoms with Crippen LogP contribution in [0, 0.1) is 0 Å². The zero-order valence-electron chi connectivity index (χ0n) is 5.91. The number of methoxy groups -OCH3 is 1. The van der Waals surface area contributed by atoms with E-state index in [2.05, 4.69) is 21.7 Å². The van der Waals surface area contributed by atoms with Gasteiger partial charge in [0.25, 0.3) is 5.95 Å². The van der Waals surface area contributed by atoms with Crippen LogP contribution in [-0.4, -0.2) is 23.8 Å². The fourth-order valence-electron chi connectivity index (χ4n) is 0.562. The fraction of sp³-hybridized carbons (Fsp3) is 0.167. The van der Waals surface area contributed by atoms with E-state index in [-0.39, 0.29) is 5.95 Å². The molecule has 0 spiro atoms. The molecule has 0 radical (unpaired) electrons. The highest BCUT2D eigenvalue weighted by atomic mass is 35.5. The highest BCUT2D eigenvalue weighted by Gasteiger charge is 2.02. The number of hydrogen-bond donors (Lipinski definition) is 0. The van der Waals surface area contributed by atoms with Gasteiger partial charge in [-0.05, 0) is 6.72 Å². The predicted molar refractivity (Wildman–Crippen MR) is 42.8 cm³/mol. The molecule has 1 aromatic heterocycles. The van der Waals surface area contributed by atoms with E-state index in [0.717, 1.165) is 0 Å². The summed E-state index contributed by atoms with van der Waals surface area (Å²) in [5.74, 6) is 0.565. The molecule has 58 valence electrons. The van der Waals surface area contributed by atoms with Crippen molar-refractivity contribution >= 4 is 24.3 Å². The Morgan fingerprint density at radius 1 is 1.73 bits per heavy atom. The Labute approximate surface area is 68.9 Å². The first-order valence-corrected chi connectivity index (χ1v) is 3.19. The zero-order chi connectivity index (χ0) is 8.27. The second-order valence-corrected chi connectivity index (χ2v) is 2.09. The summed E-state index contributed by atoms with van der Waals surface area (Å²) in [6.45, 7) is 3.26. The molecule has 1 aromatic rings. The molecule has 0 N–H and O–H groups in total. The van der Waals surface area contributed by atoms with Crippen LogP contribution in [-0.2, 0) is 0 Å². The molecule has 11 heavy (non-hydrogen) atoms. The molecule has 0 bridgehead atoms. The minimum atomic E-state index is 0.256. The van der Waals surface area contributed by atoms with E-state index in [9.17, 15) is 0 Å². The molecular weight excluding hydrogens is 166 g/mol. The highest BCUT2D eigenvalue weighted by Crippen LogP contribution is 2.21. The highest BCUT2D eigenvalue weighted by molar-refractivity contribution is 6.31.